The summed E-state index contributed by atoms with van der Waals surface area (Å²) in [4.78, 5) is 33.3. The van der Waals surface area contributed by atoms with Crippen molar-refractivity contribution in [3.8, 4) is 17.6 Å². The summed E-state index contributed by atoms with van der Waals surface area (Å²) < 4.78 is 6.44. The maximum atomic E-state index is 13.1. The number of aromatic amines is 1. The number of aromatic hydroxyl groups is 1. The molecule has 0 spiro atoms. The Hall–Kier alpha value is -3.76. The molecule has 40 heavy (non-hydrogen) atoms. The molecule has 1 aromatic heterocycles. The highest BCUT2D eigenvalue weighted by Gasteiger charge is 2.29. The lowest BCUT2D eigenvalue weighted by Crippen LogP contribution is -2.45. The van der Waals surface area contributed by atoms with E-state index in [9.17, 15) is 14.7 Å². The van der Waals surface area contributed by atoms with E-state index in [1.165, 1.54) is 5.56 Å². The number of amides is 2. The van der Waals surface area contributed by atoms with Crippen LogP contribution in [0.25, 0.3) is 10.9 Å². The number of hydrogen-bond donors (Lipinski definition) is 2. The van der Waals surface area contributed by atoms with Crippen molar-refractivity contribution in [1.29, 1.82) is 0 Å². The number of benzene rings is 2. The quantitative estimate of drug-likeness (QED) is 0.416. The number of hydrogen-bond acceptors (Lipinski definition) is 4. The molecule has 2 amide bonds. The molecule has 0 saturated carbocycles. The van der Waals surface area contributed by atoms with Crippen molar-refractivity contribution < 1.29 is 19.4 Å². The van der Waals surface area contributed by atoms with Crippen LogP contribution in [0.5, 0.6) is 5.75 Å². The molecule has 1 atom stereocenters. The first-order valence-electron chi connectivity index (χ1n) is 14.4. The lowest BCUT2D eigenvalue weighted by Gasteiger charge is -2.37. The van der Waals surface area contributed by atoms with E-state index in [2.05, 4.69) is 41.9 Å². The van der Waals surface area contributed by atoms with Gasteiger partial charge < -0.3 is 24.6 Å². The van der Waals surface area contributed by atoms with Crippen LogP contribution in [0, 0.1) is 18.8 Å². The summed E-state index contributed by atoms with van der Waals surface area (Å²) in [6, 6.07) is 13.2. The molecule has 0 aliphatic carbocycles. The third-order valence-corrected chi connectivity index (χ3v) is 8.23. The number of phenolic OH excluding ortho intramolecular Hbond substituents is 1. The minimum atomic E-state index is -0.181. The number of rotatable bonds is 7. The zero-order valence-corrected chi connectivity index (χ0v) is 23.5. The van der Waals surface area contributed by atoms with Gasteiger partial charge in [0.2, 0.25) is 11.8 Å². The van der Waals surface area contributed by atoms with Gasteiger partial charge in [0.1, 0.15) is 5.75 Å². The number of carbonyl (C=O) groups is 2. The molecule has 2 aromatic carbocycles. The SMILES string of the molecule is CC#C[C@@H](CC(=O)N1CCC(OC2CCN(C(=O)Cc3c[nH]c4ccc(C)cc34)CC2)CC1)c1ccc(O)cc1. The average molecular weight is 542 g/mol. The highest BCUT2D eigenvalue weighted by Crippen LogP contribution is 2.26. The maximum Gasteiger partial charge on any atom is 0.227 e. The van der Waals surface area contributed by atoms with E-state index in [1.54, 1.807) is 19.1 Å². The van der Waals surface area contributed by atoms with Crippen molar-refractivity contribution in [2.75, 3.05) is 26.2 Å². The predicted molar refractivity (Wildman–Crippen MR) is 156 cm³/mol. The van der Waals surface area contributed by atoms with Crippen molar-refractivity contribution >= 4 is 22.7 Å². The molecular weight excluding hydrogens is 502 g/mol. The number of piperidine rings is 2. The third-order valence-electron chi connectivity index (χ3n) is 8.23. The van der Waals surface area contributed by atoms with Crippen LogP contribution in [0.15, 0.2) is 48.7 Å². The van der Waals surface area contributed by atoms with Crippen molar-refractivity contribution in [1.82, 2.24) is 14.8 Å². The van der Waals surface area contributed by atoms with Gasteiger partial charge in [-0.05, 0) is 74.9 Å². The summed E-state index contributed by atoms with van der Waals surface area (Å²) >= 11 is 0. The minimum absolute atomic E-state index is 0.108. The number of H-pyrrole nitrogens is 1. The summed E-state index contributed by atoms with van der Waals surface area (Å²) in [7, 11) is 0. The van der Waals surface area contributed by atoms with E-state index >= 15 is 0 Å². The predicted octanol–water partition coefficient (Wildman–Crippen LogP) is 4.92. The number of carbonyl (C=O) groups excluding carboxylic acids is 2. The van der Waals surface area contributed by atoms with Crippen LogP contribution in [0.3, 0.4) is 0 Å². The number of aryl methyl sites for hydroxylation is 1. The molecule has 0 bridgehead atoms. The summed E-state index contributed by atoms with van der Waals surface area (Å²) in [6.45, 7) is 6.67. The second-order valence-electron chi connectivity index (χ2n) is 11.1. The van der Waals surface area contributed by atoms with Crippen LogP contribution in [-0.2, 0) is 20.7 Å². The average Bonchev–Trinajstić information content (AvgIpc) is 3.35. The van der Waals surface area contributed by atoms with Crippen LogP contribution >= 0.6 is 0 Å². The molecule has 0 unspecified atom stereocenters. The first kappa shape index (κ1) is 27.8. The molecule has 3 heterocycles. The largest absolute Gasteiger partial charge is 0.508 e. The van der Waals surface area contributed by atoms with Gasteiger partial charge in [-0.1, -0.05) is 29.7 Å². The number of aromatic nitrogens is 1. The van der Waals surface area contributed by atoms with Gasteiger partial charge in [-0.25, -0.2) is 0 Å². The normalized spacial score (nSPS) is 17.4. The molecule has 2 aliphatic heterocycles. The fourth-order valence-corrected chi connectivity index (χ4v) is 5.90. The second kappa shape index (κ2) is 12.6. The van der Waals surface area contributed by atoms with Gasteiger partial charge in [-0.2, -0.15) is 0 Å². The second-order valence-corrected chi connectivity index (χ2v) is 11.1. The number of likely N-dealkylation sites (tertiary alicyclic amines) is 2. The van der Waals surface area contributed by atoms with E-state index < -0.39 is 0 Å². The summed E-state index contributed by atoms with van der Waals surface area (Å²) in [5, 5.41) is 10.7. The van der Waals surface area contributed by atoms with Crippen molar-refractivity contribution in [3.63, 3.8) is 0 Å². The number of nitrogens with one attached hydrogen (secondary N) is 1. The monoisotopic (exact) mass is 541 g/mol. The number of fused-ring (bicyclic) bond motifs is 1. The van der Waals surface area contributed by atoms with Gasteiger partial charge >= 0.3 is 0 Å². The molecular formula is C33H39N3O4. The summed E-state index contributed by atoms with van der Waals surface area (Å²) in [5.41, 5.74) is 4.26. The zero-order valence-electron chi connectivity index (χ0n) is 23.5. The Morgan fingerprint density at radius 3 is 2.23 bits per heavy atom. The Morgan fingerprint density at radius 2 is 1.60 bits per heavy atom. The topological polar surface area (TPSA) is 85.9 Å². The number of nitrogens with zero attached hydrogens (tertiary/aromatic N) is 2. The highest BCUT2D eigenvalue weighted by molar-refractivity contribution is 5.89. The molecule has 2 fully saturated rings. The Kier molecular flexibility index (Phi) is 8.76. The number of ether oxygens (including phenoxy) is 1. The highest BCUT2D eigenvalue weighted by atomic mass is 16.5. The Bertz CT molecular complexity index is 1380. The van der Waals surface area contributed by atoms with Crippen molar-refractivity contribution in [2.24, 2.45) is 0 Å². The summed E-state index contributed by atoms with van der Waals surface area (Å²) in [5.74, 6) is 6.40. The molecule has 2 N–H and O–H groups in total. The third kappa shape index (κ3) is 6.68. The van der Waals surface area contributed by atoms with Crippen LogP contribution in [0.2, 0.25) is 0 Å². The van der Waals surface area contributed by atoms with E-state index in [1.807, 2.05) is 28.1 Å². The van der Waals surface area contributed by atoms with Gasteiger partial charge in [-0.3, -0.25) is 9.59 Å². The lowest BCUT2D eigenvalue weighted by molar-refractivity contribution is -0.137. The molecule has 7 heteroatoms. The van der Waals surface area contributed by atoms with Crippen LogP contribution in [-0.4, -0.2) is 70.1 Å². The van der Waals surface area contributed by atoms with E-state index in [0.29, 0.717) is 25.9 Å². The smallest absolute Gasteiger partial charge is 0.227 e. The summed E-state index contributed by atoms with van der Waals surface area (Å²) in [6.07, 6.45) is 6.37. The molecule has 2 saturated heterocycles. The fourth-order valence-electron chi connectivity index (χ4n) is 5.90. The molecule has 3 aromatic rings. The van der Waals surface area contributed by atoms with Gasteiger partial charge in [-0.15, -0.1) is 5.92 Å². The lowest BCUT2D eigenvalue weighted by atomic mass is 9.95. The van der Waals surface area contributed by atoms with Crippen molar-refractivity contribution in [2.45, 2.75) is 70.5 Å². The van der Waals surface area contributed by atoms with E-state index in [4.69, 9.17) is 4.74 Å². The van der Waals surface area contributed by atoms with E-state index in [-0.39, 0.29) is 35.7 Å². The van der Waals surface area contributed by atoms with Crippen LogP contribution in [0.1, 0.15) is 61.6 Å². The van der Waals surface area contributed by atoms with Crippen LogP contribution < -0.4 is 0 Å². The van der Waals surface area contributed by atoms with Crippen molar-refractivity contribution in [3.05, 3.63) is 65.4 Å². The zero-order chi connectivity index (χ0) is 28.1. The number of phenols is 1. The first-order chi connectivity index (χ1) is 19.4. The Labute approximate surface area is 236 Å². The molecule has 5 rings (SSSR count). The van der Waals surface area contributed by atoms with E-state index in [0.717, 1.165) is 60.8 Å². The van der Waals surface area contributed by atoms with Gasteiger partial charge in [0.25, 0.3) is 0 Å². The Morgan fingerprint density at radius 1 is 0.975 bits per heavy atom. The first-order valence-corrected chi connectivity index (χ1v) is 14.4. The van der Waals surface area contributed by atoms with Gasteiger partial charge in [0, 0.05) is 49.7 Å². The molecule has 0 radical (unpaired) electrons. The fraction of sp³-hybridized carbons (Fsp3) is 0.455. The maximum absolute atomic E-state index is 13.1. The standard InChI is InChI=1S/C33H39N3O4/c1-3-4-25(24-6-8-27(37)9-7-24)20-32(38)35-15-11-28(12-16-35)40-29-13-17-36(18-14-29)33(39)21-26-22-34-31-10-5-23(2)19-30(26)31/h5-10,19,22,25,28-29,34,37H,11-18,20-21H2,1-2H3/t25-/m0/s1. The van der Waals surface area contributed by atoms with Crippen LogP contribution in [0.4, 0.5) is 0 Å². The minimum Gasteiger partial charge on any atom is -0.508 e. The molecule has 7 nitrogen and oxygen atoms in total. The molecule has 2 aliphatic rings. The Balaban J connectivity index is 1.05. The van der Waals surface area contributed by atoms with Gasteiger partial charge in [0.15, 0.2) is 0 Å². The van der Waals surface area contributed by atoms with Gasteiger partial charge in [0.05, 0.1) is 24.5 Å². The molecule has 210 valence electrons.